The summed E-state index contributed by atoms with van der Waals surface area (Å²) < 4.78 is 1.29. The molecule has 1 N–H and O–H groups in total. The fraction of sp³-hybridized carbons (Fsp3) is 0.417. The zero-order valence-corrected chi connectivity index (χ0v) is 9.78. The Balaban J connectivity index is 1.96. The molecule has 1 aliphatic rings. The molecule has 0 radical (unpaired) electrons. The number of pyridine rings is 1. The van der Waals surface area contributed by atoms with Crippen LogP contribution in [0.5, 0.6) is 0 Å². The van der Waals surface area contributed by atoms with E-state index in [1.54, 1.807) is 11.3 Å². The molecule has 3 rings (SSSR count). The zero-order chi connectivity index (χ0) is 11.0. The summed E-state index contributed by atoms with van der Waals surface area (Å²) in [7, 11) is 0. The van der Waals surface area contributed by atoms with Crippen LogP contribution < -0.4 is 4.90 Å². The minimum atomic E-state index is -0.127. The van der Waals surface area contributed by atoms with Crippen molar-refractivity contribution in [3.8, 4) is 0 Å². The highest BCUT2D eigenvalue weighted by Gasteiger charge is 2.19. The number of anilines is 1. The molecule has 2 aromatic rings. The van der Waals surface area contributed by atoms with Gasteiger partial charge in [0.15, 0.2) is 0 Å². The summed E-state index contributed by atoms with van der Waals surface area (Å²) in [6.45, 7) is 1.81. The molecule has 0 amide bonds. The van der Waals surface area contributed by atoms with Gasteiger partial charge in [0, 0.05) is 29.4 Å². The van der Waals surface area contributed by atoms with Gasteiger partial charge in [0.2, 0.25) is 0 Å². The maximum atomic E-state index is 9.50. The molecule has 3 heterocycles. The summed E-state index contributed by atoms with van der Waals surface area (Å²) in [5, 5.41) is 12.8. The van der Waals surface area contributed by atoms with Gasteiger partial charge < -0.3 is 10.0 Å². The van der Waals surface area contributed by atoms with Gasteiger partial charge in [-0.3, -0.25) is 0 Å². The van der Waals surface area contributed by atoms with Crippen molar-refractivity contribution >= 4 is 27.2 Å². The summed E-state index contributed by atoms with van der Waals surface area (Å²) in [6, 6.07) is 4.19. The van der Waals surface area contributed by atoms with Crippen LogP contribution in [0.1, 0.15) is 12.8 Å². The maximum Gasteiger partial charge on any atom is 0.137 e. The number of hydrogen-bond acceptors (Lipinski definition) is 4. The predicted molar refractivity (Wildman–Crippen MR) is 67.1 cm³/mol. The van der Waals surface area contributed by atoms with Gasteiger partial charge in [-0.1, -0.05) is 0 Å². The maximum absolute atomic E-state index is 9.50. The molecule has 0 spiro atoms. The van der Waals surface area contributed by atoms with Crippen LogP contribution in [0.3, 0.4) is 0 Å². The van der Waals surface area contributed by atoms with E-state index in [9.17, 15) is 5.11 Å². The molecule has 2 aromatic heterocycles. The highest BCUT2D eigenvalue weighted by atomic mass is 32.1. The van der Waals surface area contributed by atoms with E-state index in [0.717, 1.165) is 31.7 Å². The van der Waals surface area contributed by atoms with Gasteiger partial charge in [0.25, 0.3) is 0 Å². The summed E-state index contributed by atoms with van der Waals surface area (Å²) >= 11 is 1.75. The summed E-state index contributed by atoms with van der Waals surface area (Å²) in [6.07, 6.45) is 3.45. The predicted octanol–water partition coefficient (Wildman–Crippen LogP) is 2.26. The van der Waals surface area contributed by atoms with Gasteiger partial charge in [-0.15, -0.1) is 11.3 Å². The molecule has 3 nitrogen and oxygen atoms in total. The largest absolute Gasteiger partial charge is 0.393 e. The second-order valence-corrected chi connectivity index (χ2v) is 5.13. The Bertz CT molecular complexity index is 488. The van der Waals surface area contributed by atoms with Crippen molar-refractivity contribution < 1.29 is 5.11 Å². The second-order valence-electron chi connectivity index (χ2n) is 4.19. The third kappa shape index (κ3) is 1.68. The van der Waals surface area contributed by atoms with Crippen LogP contribution in [0, 0.1) is 0 Å². The van der Waals surface area contributed by atoms with E-state index >= 15 is 0 Å². The minimum Gasteiger partial charge on any atom is -0.393 e. The van der Waals surface area contributed by atoms with Gasteiger partial charge in [-0.2, -0.15) is 0 Å². The number of rotatable bonds is 1. The summed E-state index contributed by atoms with van der Waals surface area (Å²) in [5.74, 6) is 1.07. The monoisotopic (exact) mass is 234 g/mol. The topological polar surface area (TPSA) is 36.4 Å². The Morgan fingerprint density at radius 2 is 2.12 bits per heavy atom. The highest BCUT2D eigenvalue weighted by molar-refractivity contribution is 7.17. The lowest BCUT2D eigenvalue weighted by Crippen LogP contribution is -2.36. The van der Waals surface area contributed by atoms with E-state index < -0.39 is 0 Å². The van der Waals surface area contributed by atoms with Crippen LogP contribution in [0.25, 0.3) is 10.1 Å². The fourth-order valence-corrected chi connectivity index (χ4v) is 2.99. The molecule has 0 saturated carbocycles. The number of nitrogens with zero attached hydrogens (tertiary/aromatic N) is 2. The van der Waals surface area contributed by atoms with Gasteiger partial charge in [-0.25, -0.2) is 4.98 Å². The number of piperidine rings is 1. The Hall–Kier alpha value is -1.13. The third-order valence-corrected chi connectivity index (χ3v) is 4.00. The number of hydrogen-bond donors (Lipinski definition) is 1. The molecule has 16 heavy (non-hydrogen) atoms. The van der Waals surface area contributed by atoms with E-state index in [1.807, 2.05) is 6.20 Å². The van der Waals surface area contributed by atoms with Crippen LogP contribution in [0.15, 0.2) is 23.7 Å². The number of aliphatic hydroxyl groups is 1. The standard InChI is InChI=1S/C12H14N2OS/c15-9-2-6-14(7-3-9)12-10-4-8-16-11(10)1-5-13-12/h1,4-5,8-9,15H,2-3,6-7H2. The number of aliphatic hydroxyl groups excluding tert-OH is 1. The van der Waals surface area contributed by atoms with Crippen molar-refractivity contribution in [3.63, 3.8) is 0 Å². The Kier molecular flexibility index (Phi) is 2.53. The van der Waals surface area contributed by atoms with Crippen molar-refractivity contribution in [2.24, 2.45) is 0 Å². The van der Waals surface area contributed by atoms with E-state index in [-0.39, 0.29) is 6.10 Å². The third-order valence-electron chi connectivity index (χ3n) is 3.12. The Morgan fingerprint density at radius 1 is 1.31 bits per heavy atom. The second kappa shape index (κ2) is 4.03. The first-order chi connectivity index (χ1) is 7.84. The van der Waals surface area contributed by atoms with Crippen LogP contribution in [0.4, 0.5) is 5.82 Å². The normalized spacial score (nSPS) is 18.2. The first kappa shape index (κ1) is 10.1. The molecule has 1 fully saturated rings. The molecule has 0 bridgehead atoms. The lowest BCUT2D eigenvalue weighted by atomic mass is 10.1. The molecular formula is C12H14N2OS. The number of aromatic nitrogens is 1. The van der Waals surface area contributed by atoms with Crippen molar-refractivity contribution in [1.29, 1.82) is 0 Å². The minimum absolute atomic E-state index is 0.127. The average Bonchev–Trinajstić information content (AvgIpc) is 2.78. The smallest absolute Gasteiger partial charge is 0.137 e. The van der Waals surface area contributed by atoms with E-state index in [4.69, 9.17) is 0 Å². The molecular weight excluding hydrogens is 220 g/mol. The van der Waals surface area contributed by atoms with Gasteiger partial charge in [0.1, 0.15) is 5.82 Å². The van der Waals surface area contributed by atoms with Crippen molar-refractivity contribution in [2.75, 3.05) is 18.0 Å². The fourth-order valence-electron chi connectivity index (χ4n) is 2.21. The molecule has 4 heteroatoms. The Labute approximate surface area is 98.3 Å². The number of fused-ring (bicyclic) bond motifs is 1. The lowest BCUT2D eigenvalue weighted by Gasteiger charge is -2.30. The van der Waals surface area contributed by atoms with Crippen LogP contribution in [-0.2, 0) is 0 Å². The van der Waals surface area contributed by atoms with Crippen LogP contribution >= 0.6 is 11.3 Å². The zero-order valence-electron chi connectivity index (χ0n) is 8.97. The van der Waals surface area contributed by atoms with Gasteiger partial charge in [-0.05, 0) is 30.4 Å². The molecule has 1 saturated heterocycles. The first-order valence-corrected chi connectivity index (χ1v) is 6.48. The van der Waals surface area contributed by atoms with Gasteiger partial charge in [0.05, 0.1) is 6.10 Å². The quantitative estimate of drug-likeness (QED) is 0.822. The van der Waals surface area contributed by atoms with E-state index in [0.29, 0.717) is 0 Å². The number of thiophene rings is 1. The molecule has 84 valence electrons. The lowest BCUT2D eigenvalue weighted by molar-refractivity contribution is 0.145. The molecule has 0 aromatic carbocycles. The van der Waals surface area contributed by atoms with Crippen molar-refractivity contribution in [3.05, 3.63) is 23.7 Å². The molecule has 0 atom stereocenters. The average molecular weight is 234 g/mol. The van der Waals surface area contributed by atoms with Gasteiger partial charge >= 0.3 is 0 Å². The highest BCUT2D eigenvalue weighted by Crippen LogP contribution is 2.29. The van der Waals surface area contributed by atoms with E-state index in [2.05, 4.69) is 27.4 Å². The molecule has 0 unspecified atom stereocenters. The van der Waals surface area contributed by atoms with Crippen molar-refractivity contribution in [1.82, 2.24) is 4.98 Å². The van der Waals surface area contributed by atoms with Crippen LogP contribution in [-0.4, -0.2) is 29.3 Å². The SMILES string of the molecule is OC1CCN(c2nccc3sccc23)CC1. The molecule has 1 aliphatic heterocycles. The first-order valence-electron chi connectivity index (χ1n) is 5.60. The summed E-state index contributed by atoms with van der Waals surface area (Å²) in [4.78, 5) is 6.76. The summed E-state index contributed by atoms with van der Waals surface area (Å²) in [5.41, 5.74) is 0. The Morgan fingerprint density at radius 3 is 2.94 bits per heavy atom. The molecule has 0 aliphatic carbocycles. The van der Waals surface area contributed by atoms with E-state index in [1.165, 1.54) is 10.1 Å². The van der Waals surface area contributed by atoms with Crippen LogP contribution in [0.2, 0.25) is 0 Å². The van der Waals surface area contributed by atoms with Crippen molar-refractivity contribution in [2.45, 2.75) is 18.9 Å².